The van der Waals surface area contributed by atoms with E-state index in [1.54, 1.807) is 31.4 Å². The van der Waals surface area contributed by atoms with Gasteiger partial charge in [0.25, 0.3) is 5.91 Å². The van der Waals surface area contributed by atoms with Gasteiger partial charge in [0.1, 0.15) is 17.6 Å². The standard InChI is InChI=1S/C24H31N6O8P.ClH/c1-38-17-7-8-30(14-17)20-13-18(25-21(27-20)16-5-3-2-4-6-16)22(31)26-19(15-39(35,36)37)23(32)28-9-11-29(12-10-28)24(33)34;/h2-6,13,17,19H,7-12,14-15H2,1H3,(H,26,31)(H,33,34)(H2,35,36,37);1H. The fourth-order valence-corrected chi connectivity index (χ4v) is 5.27. The van der Waals surface area contributed by atoms with E-state index in [0.29, 0.717) is 24.5 Å². The second-order valence-corrected chi connectivity index (χ2v) is 11.1. The summed E-state index contributed by atoms with van der Waals surface area (Å²) >= 11 is 0. The minimum atomic E-state index is -4.72. The van der Waals surface area contributed by atoms with Crippen molar-refractivity contribution < 1.29 is 38.6 Å². The van der Waals surface area contributed by atoms with Crippen LogP contribution in [0, 0.1) is 0 Å². The van der Waals surface area contributed by atoms with Crippen molar-refractivity contribution in [1.82, 2.24) is 25.1 Å². The number of methoxy groups -OCH3 is 1. The number of carboxylic acid groups (broad SMARTS) is 1. The van der Waals surface area contributed by atoms with Gasteiger partial charge in [0.2, 0.25) is 5.91 Å². The first-order valence-electron chi connectivity index (χ1n) is 12.4. The Kier molecular flexibility index (Phi) is 10.4. The van der Waals surface area contributed by atoms with E-state index in [4.69, 9.17) is 9.84 Å². The van der Waals surface area contributed by atoms with E-state index in [9.17, 15) is 28.7 Å². The molecule has 2 aromatic rings. The number of piperazine rings is 1. The Labute approximate surface area is 236 Å². The van der Waals surface area contributed by atoms with Crippen LogP contribution in [0.1, 0.15) is 16.9 Å². The van der Waals surface area contributed by atoms with Crippen LogP contribution in [0.2, 0.25) is 0 Å². The molecule has 2 aliphatic rings. The molecule has 2 aliphatic heterocycles. The molecular formula is C24H32ClN6O8P. The predicted octanol–water partition coefficient (Wildman–Crippen LogP) is 0.889. The molecule has 3 amide bonds. The summed E-state index contributed by atoms with van der Waals surface area (Å²) in [5, 5.41) is 11.6. The van der Waals surface area contributed by atoms with Gasteiger partial charge in [-0.2, -0.15) is 0 Å². The smallest absolute Gasteiger partial charge is 0.407 e. The third-order valence-corrected chi connectivity index (χ3v) is 7.51. The normalized spacial score (nSPS) is 18.2. The molecule has 0 bridgehead atoms. The van der Waals surface area contributed by atoms with E-state index in [2.05, 4.69) is 15.3 Å². The van der Waals surface area contributed by atoms with Crippen LogP contribution in [0.25, 0.3) is 11.4 Å². The SMILES string of the molecule is COC1CCN(c2cc(C(=O)NC(CP(=O)(O)O)C(=O)N3CCN(C(=O)O)CC3)nc(-c3ccccc3)n2)C1.Cl. The molecule has 16 heteroatoms. The molecule has 1 aromatic carbocycles. The number of carbonyl (C=O) groups excluding carboxylic acids is 2. The number of hydrogen-bond acceptors (Lipinski definition) is 8. The van der Waals surface area contributed by atoms with Gasteiger partial charge in [-0.3, -0.25) is 14.2 Å². The van der Waals surface area contributed by atoms with Crippen LogP contribution >= 0.6 is 20.0 Å². The Balaban J connectivity index is 0.00000441. The monoisotopic (exact) mass is 598 g/mol. The van der Waals surface area contributed by atoms with Crippen molar-refractivity contribution in [2.75, 3.05) is 57.4 Å². The maximum atomic E-state index is 13.4. The summed E-state index contributed by atoms with van der Waals surface area (Å²) in [5.74, 6) is -0.746. The molecule has 2 fully saturated rings. The molecule has 0 radical (unpaired) electrons. The van der Waals surface area contributed by atoms with E-state index < -0.39 is 37.7 Å². The minimum absolute atomic E-state index is 0. The van der Waals surface area contributed by atoms with Gasteiger partial charge in [-0.25, -0.2) is 14.8 Å². The van der Waals surface area contributed by atoms with Gasteiger partial charge < -0.3 is 39.6 Å². The predicted molar refractivity (Wildman–Crippen MR) is 147 cm³/mol. The number of hydrogen-bond donors (Lipinski definition) is 4. The third-order valence-electron chi connectivity index (χ3n) is 6.67. The molecular weight excluding hydrogens is 567 g/mol. The number of amides is 3. The second-order valence-electron chi connectivity index (χ2n) is 9.36. The molecule has 3 heterocycles. The number of rotatable bonds is 8. The topological polar surface area (TPSA) is 186 Å². The average Bonchev–Trinajstić information content (AvgIpc) is 3.41. The van der Waals surface area contributed by atoms with Crippen LogP contribution in [0.4, 0.5) is 10.6 Å². The fourth-order valence-electron chi connectivity index (χ4n) is 4.55. The lowest BCUT2D eigenvalue weighted by Gasteiger charge is -2.35. The van der Waals surface area contributed by atoms with Crippen molar-refractivity contribution >= 4 is 43.7 Å². The summed E-state index contributed by atoms with van der Waals surface area (Å²) in [5.41, 5.74) is 0.592. The highest BCUT2D eigenvalue weighted by Gasteiger charge is 2.35. The van der Waals surface area contributed by atoms with Gasteiger partial charge >= 0.3 is 13.7 Å². The van der Waals surface area contributed by atoms with Gasteiger partial charge in [-0.1, -0.05) is 30.3 Å². The first-order chi connectivity index (χ1) is 18.5. The molecule has 2 unspecified atom stereocenters. The lowest BCUT2D eigenvalue weighted by Crippen LogP contribution is -2.56. The molecule has 1 aromatic heterocycles. The lowest BCUT2D eigenvalue weighted by molar-refractivity contribution is -0.134. The molecule has 0 spiro atoms. The summed E-state index contributed by atoms with van der Waals surface area (Å²) in [7, 11) is -3.09. The number of nitrogens with zero attached hydrogens (tertiary/aromatic N) is 5. The van der Waals surface area contributed by atoms with Crippen molar-refractivity contribution in [3.8, 4) is 11.4 Å². The molecule has 218 valence electrons. The minimum Gasteiger partial charge on any atom is -0.465 e. The van der Waals surface area contributed by atoms with Crippen LogP contribution < -0.4 is 10.2 Å². The van der Waals surface area contributed by atoms with Crippen LogP contribution in [-0.2, 0) is 14.1 Å². The molecule has 4 N–H and O–H groups in total. The van der Waals surface area contributed by atoms with Crippen LogP contribution in [0.3, 0.4) is 0 Å². The van der Waals surface area contributed by atoms with Crippen LogP contribution in [-0.4, -0.2) is 117 Å². The number of carbonyl (C=O) groups is 3. The largest absolute Gasteiger partial charge is 0.465 e. The molecule has 2 saturated heterocycles. The lowest BCUT2D eigenvalue weighted by atomic mass is 10.2. The van der Waals surface area contributed by atoms with E-state index in [1.165, 1.54) is 11.0 Å². The van der Waals surface area contributed by atoms with Crippen molar-refractivity contribution in [2.24, 2.45) is 0 Å². The Bertz CT molecular complexity index is 1260. The van der Waals surface area contributed by atoms with Gasteiger partial charge in [-0.15, -0.1) is 12.4 Å². The van der Waals surface area contributed by atoms with Gasteiger partial charge in [0.05, 0.1) is 12.3 Å². The maximum Gasteiger partial charge on any atom is 0.407 e. The number of nitrogens with one attached hydrogen (secondary N) is 1. The van der Waals surface area contributed by atoms with E-state index in [-0.39, 0.29) is 56.2 Å². The highest BCUT2D eigenvalue weighted by molar-refractivity contribution is 7.51. The summed E-state index contributed by atoms with van der Waals surface area (Å²) < 4.78 is 17.3. The van der Waals surface area contributed by atoms with E-state index >= 15 is 0 Å². The van der Waals surface area contributed by atoms with Crippen molar-refractivity contribution in [1.29, 1.82) is 0 Å². The molecule has 14 nitrogen and oxygen atoms in total. The molecule has 0 saturated carbocycles. The van der Waals surface area contributed by atoms with Crippen molar-refractivity contribution in [3.05, 3.63) is 42.1 Å². The average molecular weight is 599 g/mol. The number of ether oxygens (including phenoxy) is 1. The number of anilines is 1. The highest BCUT2D eigenvalue weighted by atomic mass is 35.5. The fraction of sp³-hybridized carbons (Fsp3) is 0.458. The quantitative estimate of drug-likeness (QED) is 0.316. The second kappa shape index (κ2) is 13.4. The Morgan fingerprint density at radius 3 is 2.30 bits per heavy atom. The highest BCUT2D eigenvalue weighted by Crippen LogP contribution is 2.35. The number of benzene rings is 1. The molecule has 40 heavy (non-hydrogen) atoms. The zero-order valence-corrected chi connectivity index (χ0v) is 23.5. The third kappa shape index (κ3) is 7.89. The van der Waals surface area contributed by atoms with Crippen molar-refractivity contribution in [3.63, 3.8) is 0 Å². The molecule has 0 aliphatic carbocycles. The summed E-state index contributed by atoms with van der Waals surface area (Å²) in [6.45, 7) is 1.36. The van der Waals surface area contributed by atoms with Gasteiger partial charge in [-0.05, 0) is 6.42 Å². The zero-order valence-electron chi connectivity index (χ0n) is 21.8. The Morgan fingerprint density at radius 2 is 1.73 bits per heavy atom. The first-order valence-corrected chi connectivity index (χ1v) is 14.2. The Morgan fingerprint density at radius 1 is 1.07 bits per heavy atom. The summed E-state index contributed by atoms with van der Waals surface area (Å²) in [4.78, 5) is 70.4. The maximum absolute atomic E-state index is 13.4. The van der Waals surface area contributed by atoms with Crippen LogP contribution in [0.5, 0.6) is 0 Å². The Hall–Kier alpha value is -3.29. The van der Waals surface area contributed by atoms with E-state index in [1.807, 2.05) is 11.0 Å². The first kappa shape index (κ1) is 31.2. The van der Waals surface area contributed by atoms with Crippen LogP contribution in [0.15, 0.2) is 36.4 Å². The van der Waals surface area contributed by atoms with E-state index in [0.717, 1.165) is 11.3 Å². The van der Waals surface area contributed by atoms with Crippen molar-refractivity contribution in [2.45, 2.75) is 18.6 Å². The number of halogens is 1. The summed E-state index contributed by atoms with van der Waals surface area (Å²) in [6, 6.07) is 8.96. The van der Waals surface area contributed by atoms with Gasteiger partial charge in [0, 0.05) is 58.0 Å². The molecule has 2 atom stereocenters. The zero-order chi connectivity index (χ0) is 28.2. The summed E-state index contributed by atoms with van der Waals surface area (Å²) in [6.07, 6.45) is -1.26. The number of aromatic nitrogens is 2. The van der Waals surface area contributed by atoms with Gasteiger partial charge in [0.15, 0.2) is 5.82 Å². The molecule has 4 rings (SSSR count).